The molecule has 3 heteroatoms. The molecule has 1 fully saturated rings. The first-order valence-corrected chi connectivity index (χ1v) is 8.89. The van der Waals surface area contributed by atoms with E-state index in [0.29, 0.717) is 30.5 Å². The zero-order chi connectivity index (χ0) is 16.9. The first kappa shape index (κ1) is 18.0. The highest BCUT2D eigenvalue weighted by atomic mass is 16.2. The van der Waals surface area contributed by atoms with Crippen LogP contribution in [0.15, 0.2) is 30.3 Å². The van der Waals surface area contributed by atoms with Crippen LogP contribution in [0.3, 0.4) is 0 Å². The van der Waals surface area contributed by atoms with Crippen molar-refractivity contribution in [3.63, 3.8) is 0 Å². The number of carbonyl (C=O) groups is 1. The van der Waals surface area contributed by atoms with E-state index in [9.17, 15) is 4.79 Å². The molecule has 0 aromatic heterocycles. The average molecular weight is 316 g/mol. The average Bonchev–Trinajstić information content (AvgIpc) is 2.53. The lowest BCUT2D eigenvalue weighted by molar-refractivity contribution is -0.129. The van der Waals surface area contributed by atoms with E-state index in [1.165, 1.54) is 31.2 Å². The number of hydrogen-bond donors (Lipinski definition) is 1. The zero-order valence-electron chi connectivity index (χ0n) is 15.1. The second-order valence-corrected chi connectivity index (χ2v) is 7.98. The van der Waals surface area contributed by atoms with Gasteiger partial charge in [-0.1, -0.05) is 63.9 Å². The third-order valence-corrected chi connectivity index (χ3v) is 5.08. The lowest BCUT2D eigenvalue weighted by Crippen LogP contribution is -2.47. The van der Waals surface area contributed by atoms with Gasteiger partial charge >= 0.3 is 0 Å². The van der Waals surface area contributed by atoms with Gasteiger partial charge in [0.15, 0.2) is 0 Å². The fourth-order valence-corrected chi connectivity index (χ4v) is 3.71. The molecule has 2 atom stereocenters. The molecular weight excluding hydrogens is 284 g/mol. The molecule has 1 aliphatic carbocycles. The maximum atomic E-state index is 12.4. The van der Waals surface area contributed by atoms with Gasteiger partial charge in [0.2, 0.25) is 5.91 Å². The van der Waals surface area contributed by atoms with Crippen molar-refractivity contribution in [2.75, 3.05) is 13.6 Å². The van der Waals surface area contributed by atoms with Crippen LogP contribution >= 0.6 is 0 Å². The standard InChI is InChI=1S/C20H32N2O/c1-20(2,3)17-12-8-9-13-18(17)21-14-19(23)22(4)15-16-10-6-5-7-11-16/h5-7,10-11,17-18,21H,8-9,12-15H2,1-4H3. The lowest BCUT2D eigenvalue weighted by Gasteiger charge is -2.41. The Bertz CT molecular complexity index is 492. The third kappa shape index (κ3) is 5.35. The van der Waals surface area contributed by atoms with Crippen LogP contribution in [0.4, 0.5) is 0 Å². The number of rotatable bonds is 5. The van der Waals surface area contributed by atoms with Gasteiger partial charge in [-0.2, -0.15) is 0 Å². The van der Waals surface area contributed by atoms with Crippen molar-refractivity contribution in [2.24, 2.45) is 11.3 Å². The fourth-order valence-electron chi connectivity index (χ4n) is 3.71. The Kier molecular flexibility index (Phi) is 6.23. The fraction of sp³-hybridized carbons (Fsp3) is 0.650. The zero-order valence-corrected chi connectivity index (χ0v) is 15.1. The van der Waals surface area contributed by atoms with E-state index in [0.717, 1.165) is 0 Å². The molecule has 3 nitrogen and oxygen atoms in total. The molecule has 1 aromatic rings. The molecule has 0 spiro atoms. The largest absolute Gasteiger partial charge is 0.340 e. The molecule has 1 amide bonds. The highest BCUT2D eigenvalue weighted by Crippen LogP contribution is 2.37. The smallest absolute Gasteiger partial charge is 0.236 e. The van der Waals surface area contributed by atoms with E-state index in [2.05, 4.69) is 38.2 Å². The predicted molar refractivity (Wildman–Crippen MR) is 96.1 cm³/mol. The van der Waals surface area contributed by atoms with Gasteiger partial charge in [0.05, 0.1) is 6.54 Å². The number of hydrogen-bond acceptors (Lipinski definition) is 2. The van der Waals surface area contributed by atoms with Crippen molar-refractivity contribution >= 4 is 5.91 Å². The van der Waals surface area contributed by atoms with Gasteiger partial charge in [-0.25, -0.2) is 0 Å². The van der Waals surface area contributed by atoms with E-state index in [1.54, 1.807) is 0 Å². The SMILES string of the molecule is CN(Cc1ccccc1)C(=O)CNC1CCCCC1C(C)(C)C. The van der Waals surface area contributed by atoms with E-state index in [4.69, 9.17) is 0 Å². The van der Waals surface area contributed by atoms with Crippen LogP contribution in [0.1, 0.15) is 52.0 Å². The third-order valence-electron chi connectivity index (χ3n) is 5.08. The molecule has 0 radical (unpaired) electrons. The minimum atomic E-state index is 0.173. The van der Waals surface area contributed by atoms with Crippen LogP contribution in [0.25, 0.3) is 0 Å². The summed E-state index contributed by atoms with van der Waals surface area (Å²) in [4.78, 5) is 14.2. The number of nitrogens with one attached hydrogen (secondary N) is 1. The molecule has 1 aromatic carbocycles. The molecule has 128 valence electrons. The van der Waals surface area contributed by atoms with Gasteiger partial charge in [-0.05, 0) is 29.7 Å². The van der Waals surface area contributed by atoms with Gasteiger partial charge in [0.25, 0.3) is 0 Å². The summed E-state index contributed by atoms with van der Waals surface area (Å²) in [7, 11) is 1.89. The van der Waals surface area contributed by atoms with Gasteiger partial charge in [-0.3, -0.25) is 4.79 Å². The topological polar surface area (TPSA) is 32.3 Å². The van der Waals surface area contributed by atoms with Crippen LogP contribution in [0.5, 0.6) is 0 Å². The predicted octanol–water partition coefficient (Wildman–Crippen LogP) is 3.84. The maximum absolute atomic E-state index is 12.4. The van der Waals surface area contributed by atoms with Gasteiger partial charge in [0, 0.05) is 19.6 Å². The van der Waals surface area contributed by atoms with Crippen LogP contribution in [-0.2, 0) is 11.3 Å². The number of amides is 1. The molecule has 0 bridgehead atoms. The van der Waals surface area contributed by atoms with Crippen molar-refractivity contribution in [1.29, 1.82) is 0 Å². The van der Waals surface area contributed by atoms with E-state index >= 15 is 0 Å². The van der Waals surface area contributed by atoms with Crippen LogP contribution in [0, 0.1) is 11.3 Å². The number of carbonyl (C=O) groups excluding carboxylic acids is 1. The van der Waals surface area contributed by atoms with Crippen molar-refractivity contribution in [1.82, 2.24) is 10.2 Å². The second kappa shape index (κ2) is 7.96. The van der Waals surface area contributed by atoms with Crippen LogP contribution in [0.2, 0.25) is 0 Å². The summed E-state index contributed by atoms with van der Waals surface area (Å²) in [5.41, 5.74) is 1.48. The second-order valence-electron chi connectivity index (χ2n) is 7.98. The van der Waals surface area contributed by atoms with Gasteiger partial charge in [0.1, 0.15) is 0 Å². The monoisotopic (exact) mass is 316 g/mol. The Labute approximate surface area is 141 Å². The van der Waals surface area contributed by atoms with E-state index < -0.39 is 0 Å². The molecule has 0 aliphatic heterocycles. The molecule has 23 heavy (non-hydrogen) atoms. The summed E-state index contributed by atoms with van der Waals surface area (Å²) in [5, 5.41) is 3.55. The maximum Gasteiger partial charge on any atom is 0.236 e. The summed E-state index contributed by atoms with van der Waals surface area (Å²) in [6.45, 7) is 8.08. The molecule has 0 saturated heterocycles. The lowest BCUT2D eigenvalue weighted by atomic mass is 9.69. The first-order chi connectivity index (χ1) is 10.9. The summed E-state index contributed by atoms with van der Waals surface area (Å²) in [6.07, 6.45) is 5.06. The normalized spacial score (nSPS) is 21.9. The quantitative estimate of drug-likeness (QED) is 0.895. The summed E-state index contributed by atoms with van der Waals surface area (Å²) in [5.74, 6) is 0.829. The molecule has 1 N–H and O–H groups in total. The van der Waals surface area contributed by atoms with Crippen molar-refractivity contribution in [2.45, 2.75) is 59.0 Å². The van der Waals surface area contributed by atoms with Gasteiger partial charge in [-0.15, -0.1) is 0 Å². The Morgan fingerprint density at radius 2 is 1.83 bits per heavy atom. The molecule has 0 heterocycles. The number of benzene rings is 1. The minimum absolute atomic E-state index is 0.173. The number of likely N-dealkylation sites (N-methyl/N-ethyl adjacent to an activating group) is 1. The molecule has 2 unspecified atom stereocenters. The Morgan fingerprint density at radius 1 is 1.17 bits per heavy atom. The molecular formula is C20H32N2O. The van der Waals surface area contributed by atoms with Crippen molar-refractivity contribution < 1.29 is 4.79 Å². The minimum Gasteiger partial charge on any atom is -0.340 e. The van der Waals surface area contributed by atoms with Crippen LogP contribution < -0.4 is 5.32 Å². The highest BCUT2D eigenvalue weighted by Gasteiger charge is 2.34. The van der Waals surface area contributed by atoms with E-state index in [-0.39, 0.29) is 5.91 Å². The van der Waals surface area contributed by atoms with Crippen molar-refractivity contribution in [3.8, 4) is 0 Å². The van der Waals surface area contributed by atoms with Gasteiger partial charge < -0.3 is 10.2 Å². The molecule has 1 aliphatic rings. The van der Waals surface area contributed by atoms with Crippen molar-refractivity contribution in [3.05, 3.63) is 35.9 Å². The molecule has 2 rings (SSSR count). The Hall–Kier alpha value is -1.35. The van der Waals surface area contributed by atoms with Crippen LogP contribution in [-0.4, -0.2) is 30.4 Å². The molecule has 1 saturated carbocycles. The van der Waals surface area contributed by atoms with E-state index in [1.807, 2.05) is 30.1 Å². The summed E-state index contributed by atoms with van der Waals surface area (Å²) < 4.78 is 0. The Balaban J connectivity index is 1.85. The summed E-state index contributed by atoms with van der Waals surface area (Å²) >= 11 is 0. The first-order valence-electron chi connectivity index (χ1n) is 8.89. The summed E-state index contributed by atoms with van der Waals surface area (Å²) in [6, 6.07) is 10.6. The Morgan fingerprint density at radius 3 is 2.48 bits per heavy atom. The number of nitrogens with zero attached hydrogens (tertiary/aromatic N) is 1. The highest BCUT2D eigenvalue weighted by molar-refractivity contribution is 5.78.